The molecule has 28 heavy (non-hydrogen) atoms. The largest absolute Gasteiger partial charge is 0.459 e. The van der Waals surface area contributed by atoms with Crippen molar-refractivity contribution in [3.05, 3.63) is 84.3 Å². The Morgan fingerprint density at radius 3 is 2.46 bits per heavy atom. The van der Waals surface area contributed by atoms with Gasteiger partial charge in [0.1, 0.15) is 6.54 Å². The number of nitrogens with zero attached hydrogens (tertiary/aromatic N) is 4. The van der Waals surface area contributed by atoms with E-state index in [0.29, 0.717) is 17.1 Å². The minimum Gasteiger partial charge on any atom is -0.459 e. The van der Waals surface area contributed by atoms with Gasteiger partial charge in [0.2, 0.25) is 5.82 Å². The maximum atomic E-state index is 12.4. The maximum absolute atomic E-state index is 12.4. The van der Waals surface area contributed by atoms with Crippen LogP contribution in [-0.2, 0) is 6.54 Å². The quantitative estimate of drug-likeness (QED) is 0.521. The topological polar surface area (TPSA) is 103 Å². The zero-order valence-electron chi connectivity index (χ0n) is 14.6. The minimum absolute atomic E-state index is 0.0298. The monoisotopic (exact) mass is 373 g/mol. The number of hydrogen-bond donors (Lipinski definition) is 1. The summed E-state index contributed by atoms with van der Waals surface area (Å²) in [5.74, 6) is 0.154. The van der Waals surface area contributed by atoms with Crippen LogP contribution in [0.5, 0.6) is 0 Å². The molecule has 2 aromatic carbocycles. The molecule has 0 bridgehead atoms. The second-order valence-electron chi connectivity index (χ2n) is 5.94. The maximum Gasteiger partial charge on any atom is 0.291 e. The molecule has 0 fully saturated rings. The Labute approximate surface area is 159 Å². The fourth-order valence-corrected chi connectivity index (χ4v) is 2.57. The highest BCUT2D eigenvalue weighted by molar-refractivity contribution is 6.02. The Bertz CT molecular complexity index is 1090. The number of hydrogen-bond acceptors (Lipinski definition) is 6. The molecule has 0 saturated heterocycles. The van der Waals surface area contributed by atoms with Crippen LogP contribution in [0.15, 0.2) is 77.4 Å². The molecular weight excluding hydrogens is 358 g/mol. The molecule has 2 aromatic heterocycles. The Morgan fingerprint density at radius 2 is 1.75 bits per heavy atom. The van der Waals surface area contributed by atoms with Crippen molar-refractivity contribution in [2.45, 2.75) is 6.54 Å². The molecule has 0 aliphatic heterocycles. The average molecular weight is 373 g/mol. The van der Waals surface area contributed by atoms with E-state index in [0.717, 1.165) is 5.56 Å². The first-order valence-electron chi connectivity index (χ1n) is 8.50. The average Bonchev–Trinajstić information content (AvgIpc) is 3.41. The number of carbonyl (C=O) groups excluding carboxylic acids is 2. The Morgan fingerprint density at radius 1 is 0.964 bits per heavy atom. The van der Waals surface area contributed by atoms with E-state index in [1.54, 1.807) is 36.4 Å². The van der Waals surface area contributed by atoms with Gasteiger partial charge in [-0.05, 0) is 41.6 Å². The van der Waals surface area contributed by atoms with Gasteiger partial charge in [0.05, 0.1) is 6.26 Å². The third kappa shape index (κ3) is 3.85. The molecule has 0 saturated carbocycles. The highest BCUT2D eigenvalue weighted by Gasteiger charge is 2.12. The van der Waals surface area contributed by atoms with E-state index < -0.39 is 0 Å². The van der Waals surface area contributed by atoms with Gasteiger partial charge in [-0.1, -0.05) is 30.3 Å². The van der Waals surface area contributed by atoms with Gasteiger partial charge < -0.3 is 9.73 Å². The van der Waals surface area contributed by atoms with Crippen LogP contribution in [0.3, 0.4) is 0 Å². The van der Waals surface area contributed by atoms with Crippen LogP contribution >= 0.6 is 0 Å². The lowest BCUT2D eigenvalue weighted by Gasteiger charge is -2.05. The molecule has 0 atom stereocenters. The smallest absolute Gasteiger partial charge is 0.291 e. The highest BCUT2D eigenvalue weighted by Crippen LogP contribution is 2.14. The van der Waals surface area contributed by atoms with Gasteiger partial charge in [0.25, 0.3) is 5.91 Å². The number of furan rings is 1. The van der Waals surface area contributed by atoms with Crippen molar-refractivity contribution in [3.63, 3.8) is 0 Å². The fourth-order valence-electron chi connectivity index (χ4n) is 2.57. The lowest BCUT2D eigenvalue weighted by molar-refractivity contribution is 0.0960. The van der Waals surface area contributed by atoms with E-state index in [2.05, 4.69) is 20.7 Å². The molecular formula is C20H15N5O3. The molecule has 1 amide bonds. The number of aromatic nitrogens is 4. The summed E-state index contributed by atoms with van der Waals surface area (Å²) in [4.78, 5) is 25.7. The van der Waals surface area contributed by atoms with Gasteiger partial charge in [-0.15, -0.1) is 10.2 Å². The first kappa shape index (κ1) is 17.3. The number of amides is 1. The van der Waals surface area contributed by atoms with E-state index in [1.165, 1.54) is 11.1 Å². The van der Waals surface area contributed by atoms with Crippen molar-refractivity contribution in [1.82, 2.24) is 20.2 Å². The minimum atomic E-state index is -0.357. The molecule has 4 aromatic rings. The molecule has 2 heterocycles. The van der Waals surface area contributed by atoms with Crippen molar-refractivity contribution in [2.24, 2.45) is 0 Å². The van der Waals surface area contributed by atoms with Gasteiger partial charge in [-0.2, -0.15) is 4.80 Å². The van der Waals surface area contributed by atoms with Crippen molar-refractivity contribution in [3.8, 4) is 11.4 Å². The SMILES string of the molecule is O=C(Cn1nnc(-c2ccccc2)n1)c1ccc(NC(=O)c2ccco2)cc1. The highest BCUT2D eigenvalue weighted by atomic mass is 16.3. The van der Waals surface area contributed by atoms with Crippen LogP contribution in [0.25, 0.3) is 11.4 Å². The van der Waals surface area contributed by atoms with Crippen molar-refractivity contribution >= 4 is 17.4 Å². The van der Waals surface area contributed by atoms with E-state index in [4.69, 9.17) is 4.42 Å². The van der Waals surface area contributed by atoms with Crippen LogP contribution < -0.4 is 5.32 Å². The summed E-state index contributed by atoms with van der Waals surface area (Å²) in [6, 6.07) is 19.2. The summed E-state index contributed by atoms with van der Waals surface area (Å²) in [6.07, 6.45) is 1.43. The summed E-state index contributed by atoms with van der Waals surface area (Å²) >= 11 is 0. The molecule has 0 aliphatic rings. The second kappa shape index (κ2) is 7.67. The van der Waals surface area contributed by atoms with Gasteiger partial charge >= 0.3 is 0 Å². The zero-order chi connectivity index (χ0) is 19.3. The van der Waals surface area contributed by atoms with Crippen LogP contribution in [0.1, 0.15) is 20.9 Å². The van der Waals surface area contributed by atoms with Gasteiger partial charge in [0.15, 0.2) is 11.5 Å². The van der Waals surface area contributed by atoms with Crippen molar-refractivity contribution < 1.29 is 14.0 Å². The standard InChI is InChI=1S/C20H15N5O3/c26-17(13-25-23-19(22-24-25)15-5-2-1-3-6-15)14-8-10-16(11-9-14)21-20(27)18-7-4-12-28-18/h1-12H,13H2,(H,21,27). The van der Waals surface area contributed by atoms with Crippen LogP contribution in [0.4, 0.5) is 5.69 Å². The second-order valence-corrected chi connectivity index (χ2v) is 5.94. The molecule has 0 spiro atoms. The number of tetrazole rings is 1. The normalized spacial score (nSPS) is 10.6. The Kier molecular flexibility index (Phi) is 4.75. The van der Waals surface area contributed by atoms with Gasteiger partial charge in [-0.25, -0.2) is 0 Å². The Balaban J connectivity index is 1.40. The number of benzene rings is 2. The van der Waals surface area contributed by atoms with Crippen LogP contribution in [0.2, 0.25) is 0 Å². The number of anilines is 1. The number of rotatable bonds is 6. The number of ketones is 1. The number of carbonyl (C=O) groups is 2. The van der Waals surface area contributed by atoms with Crippen LogP contribution in [0, 0.1) is 0 Å². The van der Waals surface area contributed by atoms with E-state index in [-0.39, 0.29) is 24.0 Å². The lowest BCUT2D eigenvalue weighted by atomic mass is 10.1. The van der Waals surface area contributed by atoms with Crippen molar-refractivity contribution in [2.75, 3.05) is 5.32 Å². The van der Waals surface area contributed by atoms with Crippen LogP contribution in [-0.4, -0.2) is 31.9 Å². The summed E-state index contributed by atoms with van der Waals surface area (Å²) in [7, 11) is 0. The van der Waals surface area contributed by atoms with E-state index in [1.807, 2.05) is 30.3 Å². The predicted octanol–water partition coefficient (Wildman–Crippen LogP) is 3.07. The molecule has 0 unspecified atom stereocenters. The van der Waals surface area contributed by atoms with E-state index in [9.17, 15) is 9.59 Å². The number of Topliss-reactive ketones (excluding diaryl/α,β-unsaturated/α-hetero) is 1. The zero-order valence-corrected chi connectivity index (χ0v) is 14.6. The first-order valence-corrected chi connectivity index (χ1v) is 8.50. The lowest BCUT2D eigenvalue weighted by Crippen LogP contribution is -2.14. The molecule has 8 nitrogen and oxygen atoms in total. The summed E-state index contributed by atoms with van der Waals surface area (Å²) in [6.45, 7) is -0.0298. The van der Waals surface area contributed by atoms with Gasteiger partial charge in [-0.3, -0.25) is 9.59 Å². The first-order chi connectivity index (χ1) is 13.7. The van der Waals surface area contributed by atoms with Crippen molar-refractivity contribution in [1.29, 1.82) is 0 Å². The summed E-state index contributed by atoms with van der Waals surface area (Å²) in [5.41, 5.74) is 1.87. The Hall–Kier alpha value is -4.07. The molecule has 0 aliphatic carbocycles. The summed E-state index contributed by atoms with van der Waals surface area (Å²) < 4.78 is 5.04. The van der Waals surface area contributed by atoms with E-state index >= 15 is 0 Å². The third-order valence-electron chi connectivity index (χ3n) is 3.98. The molecule has 1 N–H and O–H groups in total. The molecule has 8 heteroatoms. The third-order valence-corrected chi connectivity index (χ3v) is 3.98. The van der Waals surface area contributed by atoms with Gasteiger partial charge in [0, 0.05) is 16.8 Å². The summed E-state index contributed by atoms with van der Waals surface area (Å²) in [5, 5.41) is 14.8. The molecule has 138 valence electrons. The molecule has 4 rings (SSSR count). The number of nitrogens with one attached hydrogen (secondary N) is 1. The predicted molar refractivity (Wildman–Crippen MR) is 101 cm³/mol. The fraction of sp³-hybridized carbons (Fsp3) is 0.0500. The molecule has 0 radical (unpaired) electrons.